The zero-order valence-corrected chi connectivity index (χ0v) is 27.4. The van der Waals surface area contributed by atoms with Gasteiger partial charge in [0, 0.05) is 16.5 Å². The fourth-order valence-electron chi connectivity index (χ4n) is 6.94. The van der Waals surface area contributed by atoms with Gasteiger partial charge >= 0.3 is 0 Å². The van der Waals surface area contributed by atoms with E-state index >= 15 is 0 Å². The van der Waals surface area contributed by atoms with Crippen LogP contribution in [0, 0.1) is 0 Å². The number of rotatable bonds is 6. The molecule has 2 nitrogen and oxygen atoms in total. The van der Waals surface area contributed by atoms with Gasteiger partial charge in [0.05, 0.1) is 11.2 Å². The maximum absolute atomic E-state index is 5.35. The Labute approximate surface area is 292 Å². The molecule has 0 saturated carbocycles. The van der Waals surface area contributed by atoms with Crippen LogP contribution in [0.1, 0.15) is 0 Å². The Bertz CT molecular complexity index is 2640. The van der Waals surface area contributed by atoms with Gasteiger partial charge in [-0.15, -0.1) is 0 Å². The first-order valence-corrected chi connectivity index (χ1v) is 17.0. The van der Waals surface area contributed by atoms with Crippen LogP contribution in [0.4, 0.5) is 0 Å². The minimum absolute atomic E-state index is 0.710. The van der Waals surface area contributed by atoms with Gasteiger partial charge in [-0.1, -0.05) is 164 Å². The summed E-state index contributed by atoms with van der Waals surface area (Å²) in [6.07, 6.45) is 0. The van der Waals surface area contributed by atoms with Crippen molar-refractivity contribution in [2.45, 2.75) is 0 Å². The summed E-state index contributed by atoms with van der Waals surface area (Å²) < 4.78 is 0. The molecule has 8 aromatic carbocycles. The molecule has 0 radical (unpaired) electrons. The Balaban J connectivity index is 1.15. The van der Waals surface area contributed by atoms with Crippen LogP contribution in [0.15, 0.2) is 194 Å². The van der Waals surface area contributed by atoms with Gasteiger partial charge in [0.15, 0.2) is 5.82 Å². The van der Waals surface area contributed by atoms with Gasteiger partial charge in [0.2, 0.25) is 0 Å². The van der Waals surface area contributed by atoms with Crippen molar-refractivity contribution >= 4 is 21.7 Å². The van der Waals surface area contributed by atoms with Crippen LogP contribution in [0.3, 0.4) is 0 Å². The first kappa shape index (κ1) is 29.5. The van der Waals surface area contributed by atoms with E-state index in [0.29, 0.717) is 5.82 Å². The largest absolute Gasteiger partial charge is 0.228 e. The molecule has 0 unspecified atom stereocenters. The molecule has 1 heterocycles. The fraction of sp³-hybridized carbons (Fsp3) is 0. The smallest absolute Gasteiger partial charge is 0.160 e. The molecule has 0 N–H and O–H groups in total. The van der Waals surface area contributed by atoms with Crippen LogP contribution in [0.2, 0.25) is 0 Å². The number of aromatic nitrogens is 2. The van der Waals surface area contributed by atoms with Crippen molar-refractivity contribution < 1.29 is 0 Å². The second-order valence-corrected chi connectivity index (χ2v) is 12.6. The van der Waals surface area contributed by atoms with Crippen molar-refractivity contribution in [1.82, 2.24) is 9.97 Å². The number of hydrogen-bond donors (Lipinski definition) is 0. The lowest BCUT2D eigenvalue weighted by atomic mass is 9.95. The number of benzene rings is 8. The predicted molar refractivity (Wildman–Crippen MR) is 210 cm³/mol. The summed E-state index contributed by atoms with van der Waals surface area (Å²) >= 11 is 0. The van der Waals surface area contributed by atoms with Crippen molar-refractivity contribution in [1.29, 1.82) is 0 Å². The van der Waals surface area contributed by atoms with Crippen LogP contribution in [-0.4, -0.2) is 9.97 Å². The summed E-state index contributed by atoms with van der Waals surface area (Å²) in [5.41, 5.74) is 13.3. The molecule has 234 valence electrons. The predicted octanol–water partition coefficient (Wildman–Crippen LogP) is 12.8. The van der Waals surface area contributed by atoms with Gasteiger partial charge in [-0.3, -0.25) is 0 Å². The van der Waals surface area contributed by atoms with Crippen molar-refractivity contribution in [3.8, 4) is 67.2 Å². The molecule has 1 aromatic heterocycles. The molecule has 0 fully saturated rings. The molecule has 0 aliphatic carbocycles. The zero-order chi connectivity index (χ0) is 33.3. The van der Waals surface area contributed by atoms with Gasteiger partial charge in [-0.25, -0.2) is 9.97 Å². The summed E-state index contributed by atoms with van der Waals surface area (Å²) in [7, 11) is 0. The SMILES string of the molecule is c1ccc(-c2cccc(-c3cccc(-c4cccc(-c5nc(-c6cccc(-c7ccccc7)c6)c6c(ccc7ccccc76)n5)c4)c3)c2)cc1. The molecule has 9 rings (SSSR count). The van der Waals surface area contributed by atoms with Gasteiger partial charge in [-0.2, -0.15) is 0 Å². The fourth-order valence-corrected chi connectivity index (χ4v) is 6.94. The normalized spacial score (nSPS) is 11.2. The van der Waals surface area contributed by atoms with Crippen LogP contribution in [0.5, 0.6) is 0 Å². The second-order valence-electron chi connectivity index (χ2n) is 12.6. The summed E-state index contributed by atoms with van der Waals surface area (Å²) in [4.78, 5) is 10.5. The maximum atomic E-state index is 5.35. The Hall–Kier alpha value is -6.64. The molecule has 9 aromatic rings. The standard InChI is InChI=1S/C48H32N2/c1-3-13-33(14-4-1)36-18-9-20-38(29-36)39-21-10-22-40(30-39)41-23-12-25-43(32-41)48-49-45-28-27-35-17-7-8-26-44(35)46(45)47(50-48)42-24-11-19-37(31-42)34-15-5-2-6-16-34/h1-32H. The van der Waals surface area contributed by atoms with Gasteiger partial charge in [-0.05, 0) is 85.6 Å². The van der Waals surface area contributed by atoms with Crippen LogP contribution in [-0.2, 0) is 0 Å². The molecule has 0 amide bonds. The average Bonchev–Trinajstić information content (AvgIpc) is 3.21. The summed E-state index contributed by atoms with van der Waals surface area (Å²) in [5, 5.41) is 3.39. The molecular formula is C48H32N2. The van der Waals surface area contributed by atoms with Crippen LogP contribution >= 0.6 is 0 Å². The Morgan fingerprint density at radius 2 is 0.700 bits per heavy atom. The summed E-state index contributed by atoms with van der Waals surface area (Å²) in [5.74, 6) is 0.710. The van der Waals surface area contributed by atoms with E-state index in [2.05, 4.69) is 194 Å². The maximum Gasteiger partial charge on any atom is 0.160 e. The topological polar surface area (TPSA) is 25.8 Å². The number of nitrogens with zero attached hydrogens (tertiary/aromatic N) is 2. The van der Waals surface area contributed by atoms with Crippen molar-refractivity contribution in [2.24, 2.45) is 0 Å². The minimum Gasteiger partial charge on any atom is -0.228 e. The van der Waals surface area contributed by atoms with Crippen LogP contribution in [0.25, 0.3) is 88.8 Å². The Kier molecular flexibility index (Phi) is 7.53. The summed E-state index contributed by atoms with van der Waals surface area (Å²) in [6.45, 7) is 0. The monoisotopic (exact) mass is 636 g/mol. The highest BCUT2D eigenvalue weighted by molar-refractivity contribution is 6.12. The van der Waals surface area contributed by atoms with E-state index in [0.717, 1.165) is 49.8 Å². The quantitative estimate of drug-likeness (QED) is 0.170. The third-order valence-corrected chi connectivity index (χ3v) is 9.45. The number of fused-ring (bicyclic) bond motifs is 3. The summed E-state index contributed by atoms with van der Waals surface area (Å²) in [6, 6.07) is 68.7. The molecule has 0 bridgehead atoms. The molecular weight excluding hydrogens is 605 g/mol. The van der Waals surface area contributed by atoms with Crippen LogP contribution < -0.4 is 0 Å². The lowest BCUT2D eigenvalue weighted by Gasteiger charge is -2.14. The van der Waals surface area contributed by atoms with Gasteiger partial charge in [0.1, 0.15) is 0 Å². The van der Waals surface area contributed by atoms with E-state index in [9.17, 15) is 0 Å². The van der Waals surface area contributed by atoms with Gasteiger partial charge < -0.3 is 0 Å². The van der Waals surface area contributed by atoms with E-state index in [-0.39, 0.29) is 0 Å². The third kappa shape index (κ3) is 5.63. The Morgan fingerprint density at radius 1 is 0.280 bits per heavy atom. The first-order valence-electron chi connectivity index (χ1n) is 17.0. The van der Waals surface area contributed by atoms with Crippen molar-refractivity contribution in [3.05, 3.63) is 194 Å². The van der Waals surface area contributed by atoms with Crippen molar-refractivity contribution in [2.75, 3.05) is 0 Å². The van der Waals surface area contributed by atoms with Gasteiger partial charge in [0.25, 0.3) is 0 Å². The molecule has 0 aliphatic heterocycles. The van der Waals surface area contributed by atoms with E-state index in [1.165, 1.54) is 33.2 Å². The second kappa shape index (κ2) is 12.8. The van der Waals surface area contributed by atoms with E-state index in [1.54, 1.807) is 0 Å². The average molecular weight is 637 g/mol. The van der Waals surface area contributed by atoms with E-state index in [4.69, 9.17) is 9.97 Å². The minimum atomic E-state index is 0.710. The first-order chi connectivity index (χ1) is 24.8. The molecule has 0 aliphatic rings. The molecule has 0 spiro atoms. The van der Waals surface area contributed by atoms with Crippen molar-refractivity contribution in [3.63, 3.8) is 0 Å². The highest BCUT2D eigenvalue weighted by Crippen LogP contribution is 2.37. The lowest BCUT2D eigenvalue weighted by Crippen LogP contribution is -1.96. The molecule has 50 heavy (non-hydrogen) atoms. The molecule has 0 atom stereocenters. The van der Waals surface area contributed by atoms with E-state index in [1.807, 2.05) is 0 Å². The highest BCUT2D eigenvalue weighted by atomic mass is 14.9. The molecule has 0 saturated heterocycles. The third-order valence-electron chi connectivity index (χ3n) is 9.45. The Morgan fingerprint density at radius 3 is 1.28 bits per heavy atom. The zero-order valence-electron chi connectivity index (χ0n) is 27.4. The van der Waals surface area contributed by atoms with E-state index < -0.39 is 0 Å². The highest BCUT2D eigenvalue weighted by Gasteiger charge is 2.16. The molecule has 2 heteroatoms. The number of hydrogen-bond acceptors (Lipinski definition) is 2. The lowest BCUT2D eigenvalue weighted by molar-refractivity contribution is 1.23.